The molecule has 0 aromatic carbocycles. The van der Waals surface area contributed by atoms with Gasteiger partial charge >= 0.3 is 0 Å². The summed E-state index contributed by atoms with van der Waals surface area (Å²) in [5, 5.41) is 7.14. The van der Waals surface area contributed by atoms with Gasteiger partial charge in [-0.15, -0.1) is 11.3 Å². The largest absolute Gasteiger partial charge is 0.397 e. The summed E-state index contributed by atoms with van der Waals surface area (Å²) in [4.78, 5) is 23.9. The van der Waals surface area contributed by atoms with Crippen LogP contribution in [0.2, 0.25) is 0 Å². The number of nitrogens with two attached hydrogens (primary N) is 1. The lowest BCUT2D eigenvalue weighted by Gasteiger charge is -2.14. The van der Waals surface area contributed by atoms with E-state index in [-0.39, 0.29) is 11.8 Å². The number of amides is 2. The topological polar surface area (TPSA) is 84.2 Å². The van der Waals surface area contributed by atoms with E-state index < -0.39 is 6.04 Å². The van der Waals surface area contributed by atoms with E-state index in [4.69, 9.17) is 5.73 Å². The maximum Gasteiger partial charge on any atom is 0.264 e. The molecule has 1 atom stereocenters. The maximum atomic E-state index is 11.8. The van der Waals surface area contributed by atoms with Crippen molar-refractivity contribution < 1.29 is 9.59 Å². The SMILES string of the molecule is CC(C)CNC(=O)C(C)NC(=O)c1sccc1N. The number of nitrogen functional groups attached to an aromatic ring is 1. The third-order valence-corrected chi connectivity index (χ3v) is 3.26. The number of nitrogens with one attached hydrogen (secondary N) is 2. The molecule has 1 rings (SSSR count). The van der Waals surface area contributed by atoms with Crippen LogP contribution in [0.5, 0.6) is 0 Å². The van der Waals surface area contributed by atoms with Crippen LogP contribution in [0, 0.1) is 5.92 Å². The quantitative estimate of drug-likeness (QED) is 0.751. The number of thiophene rings is 1. The first-order valence-corrected chi connectivity index (χ1v) is 6.71. The zero-order chi connectivity index (χ0) is 13.7. The number of carbonyl (C=O) groups is 2. The zero-order valence-electron chi connectivity index (χ0n) is 10.8. The summed E-state index contributed by atoms with van der Waals surface area (Å²) in [6.07, 6.45) is 0. The van der Waals surface area contributed by atoms with Gasteiger partial charge in [0, 0.05) is 6.54 Å². The van der Waals surface area contributed by atoms with Crippen LogP contribution in [0.3, 0.4) is 0 Å². The van der Waals surface area contributed by atoms with Gasteiger partial charge in [0.15, 0.2) is 0 Å². The van der Waals surface area contributed by atoms with E-state index in [1.54, 1.807) is 18.4 Å². The van der Waals surface area contributed by atoms with Crippen LogP contribution in [-0.2, 0) is 4.79 Å². The molecule has 0 aliphatic heterocycles. The number of rotatable bonds is 5. The maximum absolute atomic E-state index is 11.8. The van der Waals surface area contributed by atoms with Crippen LogP contribution < -0.4 is 16.4 Å². The molecule has 0 saturated carbocycles. The zero-order valence-corrected chi connectivity index (χ0v) is 11.6. The smallest absolute Gasteiger partial charge is 0.264 e. The molecule has 1 unspecified atom stereocenters. The molecule has 0 radical (unpaired) electrons. The summed E-state index contributed by atoms with van der Waals surface area (Å²) in [7, 11) is 0. The standard InChI is InChI=1S/C12H19N3O2S/c1-7(2)6-14-11(16)8(3)15-12(17)10-9(13)4-5-18-10/h4-5,7-8H,6,13H2,1-3H3,(H,14,16)(H,15,17). The van der Waals surface area contributed by atoms with Crippen LogP contribution in [0.1, 0.15) is 30.4 Å². The van der Waals surface area contributed by atoms with E-state index in [2.05, 4.69) is 10.6 Å². The second kappa shape index (κ2) is 6.39. The van der Waals surface area contributed by atoms with Crippen LogP contribution in [0.25, 0.3) is 0 Å². The van der Waals surface area contributed by atoms with Crippen LogP contribution in [0.4, 0.5) is 5.69 Å². The van der Waals surface area contributed by atoms with Crippen molar-refractivity contribution in [2.45, 2.75) is 26.8 Å². The average Bonchev–Trinajstić information content (AvgIpc) is 2.72. The highest BCUT2D eigenvalue weighted by atomic mass is 32.1. The Morgan fingerprint density at radius 2 is 2.06 bits per heavy atom. The van der Waals surface area contributed by atoms with Gasteiger partial charge in [0.2, 0.25) is 5.91 Å². The minimum atomic E-state index is -0.572. The second-order valence-electron chi connectivity index (χ2n) is 4.54. The Balaban J connectivity index is 2.49. The summed E-state index contributed by atoms with van der Waals surface area (Å²) in [5.74, 6) is -0.119. The van der Waals surface area contributed by atoms with E-state index in [1.807, 2.05) is 13.8 Å². The first-order chi connectivity index (χ1) is 8.41. The van der Waals surface area contributed by atoms with Gasteiger partial charge in [0.25, 0.3) is 5.91 Å². The Morgan fingerprint density at radius 1 is 1.39 bits per heavy atom. The monoisotopic (exact) mass is 269 g/mol. The Hall–Kier alpha value is -1.56. The normalized spacial score (nSPS) is 12.2. The van der Waals surface area contributed by atoms with Crippen molar-refractivity contribution in [3.8, 4) is 0 Å². The highest BCUT2D eigenvalue weighted by Crippen LogP contribution is 2.18. The van der Waals surface area contributed by atoms with Gasteiger partial charge in [-0.3, -0.25) is 9.59 Å². The van der Waals surface area contributed by atoms with Crippen LogP contribution in [0.15, 0.2) is 11.4 Å². The molecule has 0 bridgehead atoms. The molecule has 0 fully saturated rings. The van der Waals surface area contributed by atoms with Crippen molar-refractivity contribution in [2.24, 2.45) is 5.92 Å². The number of hydrogen-bond acceptors (Lipinski definition) is 4. The van der Waals surface area contributed by atoms with Gasteiger partial charge < -0.3 is 16.4 Å². The molecule has 100 valence electrons. The Labute approximate surface area is 111 Å². The van der Waals surface area contributed by atoms with Crippen molar-refractivity contribution in [1.29, 1.82) is 0 Å². The van der Waals surface area contributed by atoms with Gasteiger partial charge in [-0.1, -0.05) is 13.8 Å². The lowest BCUT2D eigenvalue weighted by Crippen LogP contribution is -2.45. The minimum absolute atomic E-state index is 0.188. The van der Waals surface area contributed by atoms with Crippen molar-refractivity contribution in [1.82, 2.24) is 10.6 Å². The van der Waals surface area contributed by atoms with E-state index in [0.29, 0.717) is 23.0 Å². The summed E-state index contributed by atoms with van der Waals surface area (Å²) in [6.45, 7) is 6.27. The molecule has 0 spiro atoms. The van der Waals surface area contributed by atoms with Crippen molar-refractivity contribution >= 4 is 28.8 Å². The first-order valence-electron chi connectivity index (χ1n) is 5.83. The number of anilines is 1. The van der Waals surface area contributed by atoms with Gasteiger partial charge in [-0.2, -0.15) is 0 Å². The molecule has 1 heterocycles. The molecule has 4 N–H and O–H groups in total. The second-order valence-corrected chi connectivity index (χ2v) is 5.46. The summed E-state index contributed by atoms with van der Waals surface area (Å²) >= 11 is 1.26. The molecule has 18 heavy (non-hydrogen) atoms. The van der Waals surface area contributed by atoms with Gasteiger partial charge in [-0.05, 0) is 24.3 Å². The Kier molecular flexibility index (Phi) is 5.15. The molecule has 1 aromatic rings. The van der Waals surface area contributed by atoms with Gasteiger partial charge in [0.05, 0.1) is 5.69 Å². The van der Waals surface area contributed by atoms with Crippen LogP contribution >= 0.6 is 11.3 Å². The predicted octanol–water partition coefficient (Wildman–Crippen LogP) is 1.22. The number of hydrogen-bond donors (Lipinski definition) is 3. The lowest BCUT2D eigenvalue weighted by molar-refractivity contribution is -0.122. The van der Waals surface area contributed by atoms with Crippen molar-refractivity contribution in [3.63, 3.8) is 0 Å². The fourth-order valence-electron chi connectivity index (χ4n) is 1.29. The molecule has 6 heteroatoms. The molecule has 5 nitrogen and oxygen atoms in total. The molecule has 1 aromatic heterocycles. The number of carbonyl (C=O) groups excluding carboxylic acids is 2. The summed E-state index contributed by atoms with van der Waals surface area (Å²) in [6, 6.07) is 1.10. The highest BCUT2D eigenvalue weighted by Gasteiger charge is 2.18. The highest BCUT2D eigenvalue weighted by molar-refractivity contribution is 7.12. The molecule has 0 saturated heterocycles. The Morgan fingerprint density at radius 3 is 2.56 bits per heavy atom. The van der Waals surface area contributed by atoms with E-state index >= 15 is 0 Å². The van der Waals surface area contributed by atoms with Crippen molar-refractivity contribution in [2.75, 3.05) is 12.3 Å². The van der Waals surface area contributed by atoms with Crippen LogP contribution in [-0.4, -0.2) is 24.4 Å². The van der Waals surface area contributed by atoms with E-state index in [1.165, 1.54) is 11.3 Å². The van der Waals surface area contributed by atoms with E-state index in [9.17, 15) is 9.59 Å². The third kappa shape index (κ3) is 4.03. The molecular formula is C12H19N3O2S. The molecule has 2 amide bonds. The first kappa shape index (κ1) is 14.5. The fraction of sp³-hybridized carbons (Fsp3) is 0.500. The summed E-state index contributed by atoms with van der Waals surface area (Å²) in [5.41, 5.74) is 6.08. The predicted molar refractivity (Wildman–Crippen MR) is 73.5 cm³/mol. The summed E-state index contributed by atoms with van der Waals surface area (Å²) < 4.78 is 0. The average molecular weight is 269 g/mol. The molecule has 0 aliphatic carbocycles. The Bertz CT molecular complexity index is 429. The fourth-order valence-corrected chi connectivity index (χ4v) is 2.01. The third-order valence-electron chi connectivity index (χ3n) is 2.33. The van der Waals surface area contributed by atoms with Gasteiger partial charge in [0.1, 0.15) is 10.9 Å². The van der Waals surface area contributed by atoms with Gasteiger partial charge in [-0.25, -0.2) is 0 Å². The molecule has 0 aliphatic rings. The lowest BCUT2D eigenvalue weighted by atomic mass is 10.2. The van der Waals surface area contributed by atoms with Crippen molar-refractivity contribution in [3.05, 3.63) is 16.3 Å². The molecular weight excluding hydrogens is 250 g/mol. The van der Waals surface area contributed by atoms with E-state index in [0.717, 1.165) is 0 Å². The minimum Gasteiger partial charge on any atom is -0.397 e.